The molecule has 1 amide bonds. The molecule has 1 N–H and O–H groups in total. The lowest BCUT2D eigenvalue weighted by atomic mass is 10.1. The Hall–Kier alpha value is -2.28. The van der Waals surface area contributed by atoms with Gasteiger partial charge < -0.3 is 9.32 Å². The van der Waals surface area contributed by atoms with Crippen LogP contribution >= 0.6 is 0 Å². The van der Waals surface area contributed by atoms with Gasteiger partial charge in [-0.05, 0) is 61.9 Å². The van der Waals surface area contributed by atoms with E-state index in [9.17, 15) is 13.2 Å². The van der Waals surface area contributed by atoms with Gasteiger partial charge in [0.05, 0.1) is 18.5 Å². The van der Waals surface area contributed by atoms with Gasteiger partial charge in [0.2, 0.25) is 10.0 Å². The number of hydrogen-bond acceptors (Lipinski definition) is 4. The summed E-state index contributed by atoms with van der Waals surface area (Å²) in [4.78, 5) is 15.0. The van der Waals surface area contributed by atoms with E-state index in [0.717, 1.165) is 42.6 Å². The number of benzene rings is 1. The topological polar surface area (TPSA) is 79.6 Å². The van der Waals surface area contributed by atoms with Crippen molar-refractivity contribution >= 4 is 21.6 Å². The van der Waals surface area contributed by atoms with E-state index >= 15 is 0 Å². The maximum atomic E-state index is 13.2. The van der Waals surface area contributed by atoms with Crippen molar-refractivity contribution in [2.75, 3.05) is 11.0 Å². The third-order valence-electron chi connectivity index (χ3n) is 5.51. The second kappa shape index (κ2) is 6.95. The number of furan rings is 1. The quantitative estimate of drug-likeness (QED) is 0.762. The smallest absolute Gasteiger partial charge is 0.254 e. The van der Waals surface area contributed by atoms with Gasteiger partial charge in [-0.3, -0.25) is 9.52 Å². The Balaban J connectivity index is 1.54. The van der Waals surface area contributed by atoms with E-state index in [-0.39, 0.29) is 11.9 Å². The fraction of sp³-hybridized carbons (Fsp3) is 0.476. The zero-order valence-corrected chi connectivity index (χ0v) is 17.3. The zero-order valence-electron chi connectivity index (χ0n) is 16.4. The fourth-order valence-corrected chi connectivity index (χ4v) is 4.17. The summed E-state index contributed by atoms with van der Waals surface area (Å²) in [6, 6.07) is 9.35. The lowest BCUT2D eigenvalue weighted by molar-refractivity contribution is 0.0716. The summed E-state index contributed by atoms with van der Waals surface area (Å²) in [6.45, 7) is 4.46. The molecule has 0 spiro atoms. The minimum absolute atomic E-state index is 0.100. The standard InChI is InChI=1S/C21H26N2O4S/c1-13-4-5-15(11-19(13)22-28(3,25)26)21(24)23(16-6-7-16)12-17-8-9-20(27-17)18-10-14(18)2/h4-5,8-9,11,14,16,18,22H,6-7,10,12H2,1-3H3. The summed E-state index contributed by atoms with van der Waals surface area (Å²) < 4.78 is 31.7. The molecule has 0 bridgehead atoms. The van der Waals surface area contributed by atoms with Crippen molar-refractivity contribution in [1.29, 1.82) is 0 Å². The first-order valence-corrected chi connectivity index (χ1v) is 11.6. The minimum Gasteiger partial charge on any atom is -0.464 e. The fourth-order valence-electron chi connectivity index (χ4n) is 3.55. The Morgan fingerprint density at radius 2 is 1.96 bits per heavy atom. The van der Waals surface area contributed by atoms with Crippen LogP contribution in [0, 0.1) is 12.8 Å². The van der Waals surface area contributed by atoms with Crippen LogP contribution in [0.2, 0.25) is 0 Å². The first-order chi connectivity index (χ1) is 13.2. The van der Waals surface area contributed by atoms with E-state index in [1.807, 2.05) is 24.0 Å². The second-order valence-electron chi connectivity index (χ2n) is 8.19. The van der Waals surface area contributed by atoms with Gasteiger partial charge >= 0.3 is 0 Å². The first kappa shape index (κ1) is 19.1. The van der Waals surface area contributed by atoms with E-state index in [0.29, 0.717) is 29.6 Å². The van der Waals surface area contributed by atoms with Gasteiger partial charge in [-0.1, -0.05) is 13.0 Å². The van der Waals surface area contributed by atoms with Crippen molar-refractivity contribution in [2.45, 2.75) is 51.6 Å². The zero-order chi connectivity index (χ0) is 20.1. The van der Waals surface area contributed by atoms with Crippen molar-refractivity contribution in [3.05, 3.63) is 53.0 Å². The summed E-state index contributed by atoms with van der Waals surface area (Å²) >= 11 is 0. The summed E-state index contributed by atoms with van der Waals surface area (Å²) in [7, 11) is -3.41. The van der Waals surface area contributed by atoms with Crippen molar-refractivity contribution < 1.29 is 17.6 Å². The average Bonchev–Trinajstić information content (AvgIpc) is 3.53. The Kier molecular flexibility index (Phi) is 4.73. The molecule has 2 saturated carbocycles. The maximum absolute atomic E-state index is 13.2. The number of aryl methyl sites for hydroxylation is 1. The highest BCUT2D eigenvalue weighted by molar-refractivity contribution is 7.92. The largest absolute Gasteiger partial charge is 0.464 e. The van der Waals surface area contributed by atoms with Gasteiger partial charge in [0.1, 0.15) is 11.5 Å². The molecule has 1 aromatic heterocycles. The molecule has 2 aromatic rings. The Labute approximate surface area is 166 Å². The molecule has 2 fully saturated rings. The molecular formula is C21H26N2O4S. The molecule has 0 radical (unpaired) electrons. The molecule has 28 heavy (non-hydrogen) atoms. The van der Waals surface area contributed by atoms with Crippen molar-refractivity contribution in [1.82, 2.24) is 4.90 Å². The van der Waals surface area contributed by atoms with Crippen LogP contribution in [0.25, 0.3) is 0 Å². The third-order valence-corrected chi connectivity index (χ3v) is 6.10. The molecule has 1 heterocycles. The monoisotopic (exact) mass is 402 g/mol. The Bertz CT molecular complexity index is 1010. The Morgan fingerprint density at radius 1 is 1.25 bits per heavy atom. The van der Waals surface area contributed by atoms with E-state index in [1.165, 1.54) is 0 Å². The lowest BCUT2D eigenvalue weighted by Crippen LogP contribution is -2.32. The van der Waals surface area contributed by atoms with Crippen LogP contribution in [0.15, 0.2) is 34.7 Å². The van der Waals surface area contributed by atoms with E-state index in [4.69, 9.17) is 4.42 Å². The van der Waals surface area contributed by atoms with Gasteiger partial charge in [0, 0.05) is 17.5 Å². The molecule has 6 nitrogen and oxygen atoms in total. The molecule has 0 aliphatic heterocycles. The molecule has 150 valence electrons. The molecular weight excluding hydrogens is 376 g/mol. The average molecular weight is 403 g/mol. The molecule has 2 atom stereocenters. The van der Waals surface area contributed by atoms with Crippen LogP contribution in [0.5, 0.6) is 0 Å². The minimum atomic E-state index is -3.41. The Morgan fingerprint density at radius 3 is 2.57 bits per heavy atom. The maximum Gasteiger partial charge on any atom is 0.254 e. The highest BCUT2D eigenvalue weighted by Gasteiger charge is 2.37. The molecule has 0 saturated heterocycles. The summed E-state index contributed by atoms with van der Waals surface area (Å²) in [5.74, 6) is 2.91. The molecule has 1 aromatic carbocycles. The number of sulfonamides is 1. The number of carbonyl (C=O) groups excluding carboxylic acids is 1. The molecule has 4 rings (SSSR count). The van der Waals surface area contributed by atoms with Crippen LogP contribution in [0.4, 0.5) is 5.69 Å². The normalized spacial score (nSPS) is 21.4. The SMILES string of the molecule is Cc1ccc(C(=O)N(Cc2ccc(C3CC3C)o2)C2CC2)cc1NS(C)(=O)=O. The van der Waals surface area contributed by atoms with Crippen molar-refractivity contribution in [2.24, 2.45) is 5.92 Å². The van der Waals surface area contributed by atoms with E-state index in [1.54, 1.807) is 18.2 Å². The summed E-state index contributed by atoms with van der Waals surface area (Å²) in [6.07, 6.45) is 4.24. The molecule has 2 aliphatic carbocycles. The van der Waals surface area contributed by atoms with E-state index < -0.39 is 10.0 Å². The van der Waals surface area contributed by atoms with Crippen LogP contribution in [-0.4, -0.2) is 31.5 Å². The third kappa shape index (κ3) is 4.24. The number of rotatable bonds is 7. The van der Waals surface area contributed by atoms with Crippen LogP contribution in [0.3, 0.4) is 0 Å². The molecule has 7 heteroatoms. The number of carbonyl (C=O) groups is 1. The molecule has 2 aliphatic rings. The number of amides is 1. The predicted molar refractivity (Wildman–Crippen MR) is 108 cm³/mol. The van der Waals surface area contributed by atoms with Crippen LogP contribution in [0.1, 0.15) is 59.5 Å². The summed E-state index contributed by atoms with van der Waals surface area (Å²) in [5, 5.41) is 0. The number of anilines is 1. The van der Waals surface area contributed by atoms with Crippen molar-refractivity contribution in [3.8, 4) is 0 Å². The lowest BCUT2D eigenvalue weighted by Gasteiger charge is -2.22. The number of hydrogen-bond donors (Lipinski definition) is 1. The highest BCUT2D eigenvalue weighted by atomic mass is 32.2. The molecule has 2 unspecified atom stereocenters. The second-order valence-corrected chi connectivity index (χ2v) is 9.94. The van der Waals surface area contributed by atoms with Gasteiger partial charge in [0.25, 0.3) is 5.91 Å². The first-order valence-electron chi connectivity index (χ1n) is 9.69. The number of nitrogens with one attached hydrogen (secondary N) is 1. The van der Waals surface area contributed by atoms with Gasteiger partial charge in [-0.2, -0.15) is 0 Å². The van der Waals surface area contributed by atoms with E-state index in [2.05, 4.69) is 11.6 Å². The predicted octanol–water partition coefficient (Wildman–Crippen LogP) is 3.89. The van der Waals surface area contributed by atoms with Crippen molar-refractivity contribution in [3.63, 3.8) is 0 Å². The van der Waals surface area contributed by atoms with Crippen LogP contribution in [-0.2, 0) is 16.6 Å². The highest BCUT2D eigenvalue weighted by Crippen LogP contribution is 2.47. The summed E-state index contributed by atoms with van der Waals surface area (Å²) in [5.41, 5.74) is 1.69. The van der Waals surface area contributed by atoms with Crippen LogP contribution < -0.4 is 4.72 Å². The number of nitrogens with zero attached hydrogens (tertiary/aromatic N) is 1. The van der Waals surface area contributed by atoms with Gasteiger partial charge in [-0.25, -0.2) is 8.42 Å². The van der Waals surface area contributed by atoms with Gasteiger partial charge in [-0.15, -0.1) is 0 Å². The van der Waals surface area contributed by atoms with Gasteiger partial charge in [0.15, 0.2) is 0 Å².